The largest absolute Gasteiger partial charge is 0.478 e. The molecular formula is C21H25N3O3. The molecule has 1 aromatic heterocycles. The lowest BCUT2D eigenvalue weighted by Gasteiger charge is -2.36. The first-order valence-corrected chi connectivity index (χ1v) is 9.10. The Morgan fingerprint density at radius 1 is 1.00 bits per heavy atom. The van der Waals surface area contributed by atoms with Crippen LogP contribution in [0.4, 0.5) is 5.82 Å². The summed E-state index contributed by atoms with van der Waals surface area (Å²) < 4.78 is 0. The number of rotatable bonds is 3. The van der Waals surface area contributed by atoms with Gasteiger partial charge in [0.15, 0.2) is 0 Å². The molecule has 0 radical (unpaired) electrons. The van der Waals surface area contributed by atoms with Gasteiger partial charge < -0.3 is 14.9 Å². The highest BCUT2D eigenvalue weighted by atomic mass is 16.4. The van der Waals surface area contributed by atoms with Crippen LogP contribution in [0.2, 0.25) is 0 Å². The van der Waals surface area contributed by atoms with E-state index in [9.17, 15) is 14.7 Å². The molecule has 0 atom stereocenters. The van der Waals surface area contributed by atoms with Gasteiger partial charge in [-0.2, -0.15) is 0 Å². The molecule has 1 N–H and O–H groups in total. The fourth-order valence-electron chi connectivity index (χ4n) is 3.23. The van der Waals surface area contributed by atoms with Crippen LogP contribution in [0.15, 0.2) is 42.6 Å². The Morgan fingerprint density at radius 3 is 2.19 bits per heavy atom. The molecule has 1 amide bonds. The molecule has 0 unspecified atom stereocenters. The quantitative estimate of drug-likeness (QED) is 0.903. The molecule has 1 fully saturated rings. The van der Waals surface area contributed by atoms with Gasteiger partial charge in [-0.3, -0.25) is 4.79 Å². The van der Waals surface area contributed by atoms with E-state index in [1.54, 1.807) is 18.3 Å². The highest BCUT2D eigenvalue weighted by Crippen LogP contribution is 2.23. The number of nitrogens with zero attached hydrogens (tertiary/aromatic N) is 3. The summed E-state index contributed by atoms with van der Waals surface area (Å²) in [5, 5.41) is 9.33. The molecule has 6 heteroatoms. The molecular weight excluding hydrogens is 342 g/mol. The highest BCUT2D eigenvalue weighted by molar-refractivity contribution is 5.95. The van der Waals surface area contributed by atoms with E-state index in [4.69, 9.17) is 0 Å². The van der Waals surface area contributed by atoms with Crippen molar-refractivity contribution in [1.82, 2.24) is 9.88 Å². The Morgan fingerprint density at radius 2 is 1.63 bits per heavy atom. The molecule has 1 saturated heterocycles. The van der Waals surface area contributed by atoms with Gasteiger partial charge in [0.2, 0.25) is 0 Å². The van der Waals surface area contributed by atoms with Crippen LogP contribution < -0.4 is 4.90 Å². The van der Waals surface area contributed by atoms with Crippen molar-refractivity contribution in [1.29, 1.82) is 0 Å². The molecule has 27 heavy (non-hydrogen) atoms. The van der Waals surface area contributed by atoms with E-state index in [-0.39, 0.29) is 16.9 Å². The second-order valence-electron chi connectivity index (χ2n) is 7.79. The van der Waals surface area contributed by atoms with Crippen molar-refractivity contribution in [3.63, 3.8) is 0 Å². The van der Waals surface area contributed by atoms with E-state index in [0.717, 1.165) is 0 Å². The lowest BCUT2D eigenvalue weighted by atomic mass is 9.86. The van der Waals surface area contributed by atoms with Crippen LogP contribution in [-0.2, 0) is 5.41 Å². The number of hydrogen-bond donors (Lipinski definition) is 1. The van der Waals surface area contributed by atoms with Crippen LogP contribution in [0.5, 0.6) is 0 Å². The monoisotopic (exact) mass is 367 g/mol. The number of carbonyl (C=O) groups excluding carboxylic acids is 1. The lowest BCUT2D eigenvalue weighted by molar-refractivity contribution is 0.0692. The second kappa shape index (κ2) is 7.39. The summed E-state index contributed by atoms with van der Waals surface area (Å²) in [5.41, 5.74) is 2.12. The van der Waals surface area contributed by atoms with E-state index in [1.165, 1.54) is 5.56 Å². The van der Waals surface area contributed by atoms with Crippen molar-refractivity contribution in [3.05, 3.63) is 59.3 Å². The third-order valence-electron chi connectivity index (χ3n) is 4.88. The van der Waals surface area contributed by atoms with Crippen LogP contribution in [0, 0.1) is 0 Å². The summed E-state index contributed by atoms with van der Waals surface area (Å²) >= 11 is 0. The van der Waals surface area contributed by atoms with Crippen LogP contribution in [0.25, 0.3) is 0 Å². The Kier molecular flexibility index (Phi) is 5.17. The van der Waals surface area contributed by atoms with Gasteiger partial charge in [0, 0.05) is 37.9 Å². The Balaban J connectivity index is 1.67. The van der Waals surface area contributed by atoms with Crippen LogP contribution in [-0.4, -0.2) is 53.0 Å². The first-order chi connectivity index (χ1) is 12.8. The van der Waals surface area contributed by atoms with Crippen molar-refractivity contribution >= 4 is 17.7 Å². The number of aromatic carboxylic acids is 1. The summed E-state index contributed by atoms with van der Waals surface area (Å²) in [5.74, 6) is -0.517. The van der Waals surface area contributed by atoms with E-state index in [1.807, 2.05) is 34.1 Å². The molecule has 3 rings (SSSR count). The standard InChI is InChI=1S/C21H25N3O3/c1-21(2,3)16-8-6-15(7-9-16)19(25)24-13-11-23(12-14-24)18-17(20(26)27)5-4-10-22-18/h4-10H,11-14H2,1-3H3,(H,26,27). The number of piperazine rings is 1. The SMILES string of the molecule is CC(C)(C)c1ccc(C(=O)N2CCN(c3ncccc3C(=O)O)CC2)cc1. The molecule has 6 nitrogen and oxygen atoms in total. The topological polar surface area (TPSA) is 73.7 Å². The zero-order valence-electron chi connectivity index (χ0n) is 16.0. The minimum Gasteiger partial charge on any atom is -0.478 e. The van der Waals surface area contributed by atoms with E-state index < -0.39 is 5.97 Å². The van der Waals surface area contributed by atoms with Crippen LogP contribution >= 0.6 is 0 Å². The maximum absolute atomic E-state index is 12.8. The molecule has 0 spiro atoms. The Hall–Kier alpha value is -2.89. The van der Waals surface area contributed by atoms with E-state index >= 15 is 0 Å². The molecule has 1 aromatic carbocycles. The number of carbonyl (C=O) groups is 2. The number of amides is 1. The third kappa shape index (κ3) is 4.10. The van der Waals surface area contributed by atoms with Gasteiger partial charge in [0.1, 0.15) is 11.4 Å². The van der Waals surface area contributed by atoms with Gasteiger partial charge in [0.05, 0.1) is 0 Å². The summed E-state index contributed by atoms with van der Waals surface area (Å²) in [6, 6.07) is 11.0. The molecule has 0 saturated carbocycles. The van der Waals surface area contributed by atoms with Gasteiger partial charge >= 0.3 is 5.97 Å². The number of pyridine rings is 1. The van der Waals surface area contributed by atoms with E-state index in [0.29, 0.717) is 37.6 Å². The number of aromatic nitrogens is 1. The molecule has 0 bridgehead atoms. The number of hydrogen-bond acceptors (Lipinski definition) is 4. The van der Waals surface area contributed by atoms with Gasteiger partial charge in [-0.25, -0.2) is 9.78 Å². The zero-order chi connectivity index (χ0) is 19.6. The average Bonchev–Trinajstić information content (AvgIpc) is 2.67. The number of anilines is 1. The highest BCUT2D eigenvalue weighted by Gasteiger charge is 2.25. The number of carboxylic acid groups (broad SMARTS) is 1. The molecule has 1 aliphatic heterocycles. The lowest BCUT2D eigenvalue weighted by Crippen LogP contribution is -2.49. The first-order valence-electron chi connectivity index (χ1n) is 9.10. The predicted molar refractivity (Wildman–Crippen MR) is 104 cm³/mol. The molecule has 142 valence electrons. The molecule has 2 heterocycles. The maximum Gasteiger partial charge on any atom is 0.339 e. The summed E-state index contributed by atoms with van der Waals surface area (Å²) in [6.45, 7) is 8.63. The molecule has 1 aliphatic rings. The fraction of sp³-hybridized carbons (Fsp3) is 0.381. The predicted octanol–water partition coefficient (Wildman–Crippen LogP) is 3.04. The second-order valence-corrected chi connectivity index (χ2v) is 7.79. The third-order valence-corrected chi connectivity index (χ3v) is 4.88. The van der Waals surface area contributed by atoms with Crippen molar-refractivity contribution in [3.8, 4) is 0 Å². The summed E-state index contributed by atoms with van der Waals surface area (Å²) in [7, 11) is 0. The van der Waals surface area contributed by atoms with Gasteiger partial charge in [-0.1, -0.05) is 32.9 Å². The van der Waals surface area contributed by atoms with Gasteiger partial charge in [0.25, 0.3) is 5.91 Å². The minimum absolute atomic E-state index is 0.00888. The number of carboxylic acids is 1. The Bertz CT molecular complexity index is 832. The van der Waals surface area contributed by atoms with Crippen LogP contribution in [0.3, 0.4) is 0 Å². The number of benzene rings is 1. The Labute approximate surface area is 159 Å². The minimum atomic E-state index is -0.990. The fourth-order valence-corrected chi connectivity index (χ4v) is 3.23. The van der Waals surface area contributed by atoms with Crippen LogP contribution in [0.1, 0.15) is 47.1 Å². The van der Waals surface area contributed by atoms with Crippen molar-refractivity contribution in [2.45, 2.75) is 26.2 Å². The van der Waals surface area contributed by atoms with Gasteiger partial charge in [-0.15, -0.1) is 0 Å². The van der Waals surface area contributed by atoms with E-state index in [2.05, 4.69) is 25.8 Å². The first kappa shape index (κ1) is 18.9. The smallest absolute Gasteiger partial charge is 0.339 e. The normalized spacial score (nSPS) is 14.9. The molecule has 2 aromatic rings. The summed E-state index contributed by atoms with van der Waals surface area (Å²) in [6.07, 6.45) is 1.59. The van der Waals surface area contributed by atoms with Gasteiger partial charge in [-0.05, 0) is 35.2 Å². The maximum atomic E-state index is 12.8. The van der Waals surface area contributed by atoms with Crippen molar-refractivity contribution in [2.75, 3.05) is 31.1 Å². The van der Waals surface area contributed by atoms with Crippen molar-refractivity contribution in [2.24, 2.45) is 0 Å². The molecule has 0 aliphatic carbocycles. The van der Waals surface area contributed by atoms with Crippen molar-refractivity contribution < 1.29 is 14.7 Å². The zero-order valence-corrected chi connectivity index (χ0v) is 16.0. The average molecular weight is 367 g/mol. The summed E-state index contributed by atoms with van der Waals surface area (Å²) in [4.78, 5) is 32.1.